The monoisotopic (exact) mass is 504 g/mol. The largest absolute Gasteiger partial charge is 0.489 e. The molecule has 2 aliphatic carbocycles. The molecule has 0 spiro atoms. The van der Waals surface area contributed by atoms with Gasteiger partial charge in [-0.05, 0) is 87.2 Å². The second-order valence-corrected chi connectivity index (χ2v) is 11.9. The summed E-state index contributed by atoms with van der Waals surface area (Å²) < 4.78 is 60.9. The SMILES string of the molecule is CC(c1ccc(F)cc1)N1CCC[C@@H](Oc2cc(F)c(C(=O)NS(=O)(=O)C3CC3)cc2C2CC2)C1. The first-order valence-corrected chi connectivity index (χ1v) is 13.8. The highest BCUT2D eigenvalue weighted by molar-refractivity contribution is 7.91. The van der Waals surface area contributed by atoms with E-state index in [1.54, 1.807) is 12.1 Å². The Bertz CT molecular complexity index is 1210. The first-order chi connectivity index (χ1) is 16.7. The number of amides is 1. The van der Waals surface area contributed by atoms with Crippen LogP contribution in [0.25, 0.3) is 0 Å². The second kappa shape index (κ2) is 9.50. The minimum Gasteiger partial charge on any atom is -0.489 e. The summed E-state index contributed by atoms with van der Waals surface area (Å²) in [5.74, 6) is -1.39. The predicted octanol–water partition coefficient (Wildman–Crippen LogP) is 4.67. The number of halogens is 2. The van der Waals surface area contributed by atoms with Crippen molar-refractivity contribution in [3.05, 3.63) is 64.7 Å². The highest BCUT2D eigenvalue weighted by Gasteiger charge is 2.38. The molecule has 2 aromatic rings. The molecule has 1 heterocycles. The summed E-state index contributed by atoms with van der Waals surface area (Å²) in [6.45, 7) is 3.61. The van der Waals surface area contributed by atoms with E-state index in [1.807, 2.05) is 4.72 Å². The van der Waals surface area contributed by atoms with Gasteiger partial charge in [-0.1, -0.05) is 12.1 Å². The molecule has 3 aliphatic rings. The van der Waals surface area contributed by atoms with Gasteiger partial charge in [-0.3, -0.25) is 9.69 Å². The van der Waals surface area contributed by atoms with Crippen LogP contribution in [0.15, 0.2) is 36.4 Å². The van der Waals surface area contributed by atoms with Crippen LogP contribution in [0.5, 0.6) is 5.75 Å². The summed E-state index contributed by atoms with van der Waals surface area (Å²) in [4.78, 5) is 14.9. The fourth-order valence-corrected chi connectivity index (χ4v) is 6.04. The molecule has 0 bridgehead atoms. The molecule has 5 rings (SSSR count). The standard InChI is InChI=1S/C26H30F2N2O4S/c1-16(17-6-8-19(27)9-7-17)30-12-2-3-20(15-30)34-25-14-24(28)23(13-22(25)18-4-5-18)26(31)29-35(32,33)21-10-11-21/h6-9,13-14,16,18,20-21H,2-5,10-12,15H2,1H3,(H,29,31)/t16?,20-/m1/s1. The molecule has 35 heavy (non-hydrogen) atoms. The van der Waals surface area contributed by atoms with Crippen LogP contribution in [0, 0.1) is 11.6 Å². The van der Waals surface area contributed by atoms with Crippen molar-refractivity contribution in [3.8, 4) is 5.75 Å². The van der Waals surface area contributed by atoms with Gasteiger partial charge in [-0.2, -0.15) is 0 Å². The first kappa shape index (κ1) is 24.2. The van der Waals surface area contributed by atoms with Gasteiger partial charge >= 0.3 is 0 Å². The van der Waals surface area contributed by atoms with E-state index in [-0.39, 0.29) is 29.4 Å². The lowest BCUT2D eigenvalue weighted by molar-refractivity contribution is 0.0650. The number of ether oxygens (including phenoxy) is 1. The fraction of sp³-hybridized carbons (Fsp3) is 0.500. The number of likely N-dealkylation sites (tertiary alicyclic amines) is 1. The minimum absolute atomic E-state index is 0.0844. The third-order valence-electron chi connectivity index (χ3n) is 7.16. The van der Waals surface area contributed by atoms with Crippen molar-refractivity contribution in [2.45, 2.75) is 68.8 Å². The summed E-state index contributed by atoms with van der Waals surface area (Å²) >= 11 is 0. The maximum atomic E-state index is 15.0. The number of benzene rings is 2. The molecular formula is C26H30F2N2O4S. The van der Waals surface area contributed by atoms with Crippen LogP contribution < -0.4 is 9.46 Å². The van der Waals surface area contributed by atoms with Gasteiger partial charge in [0.05, 0.1) is 10.8 Å². The van der Waals surface area contributed by atoms with Gasteiger partial charge in [0.1, 0.15) is 23.5 Å². The maximum Gasteiger partial charge on any atom is 0.267 e. The summed E-state index contributed by atoms with van der Waals surface area (Å²) in [6.07, 6.45) is 4.45. The van der Waals surface area contributed by atoms with Gasteiger partial charge in [0, 0.05) is 18.7 Å². The molecule has 2 saturated carbocycles. The molecule has 2 aromatic carbocycles. The summed E-state index contributed by atoms with van der Waals surface area (Å²) in [7, 11) is -3.76. The van der Waals surface area contributed by atoms with Crippen molar-refractivity contribution in [1.82, 2.24) is 9.62 Å². The molecule has 0 radical (unpaired) electrons. The van der Waals surface area contributed by atoms with Gasteiger partial charge < -0.3 is 4.74 Å². The van der Waals surface area contributed by atoms with E-state index in [0.29, 0.717) is 25.1 Å². The number of hydrogen-bond donors (Lipinski definition) is 1. The Labute approximate surface area is 204 Å². The third-order valence-corrected chi connectivity index (χ3v) is 8.98. The van der Waals surface area contributed by atoms with E-state index >= 15 is 0 Å². The normalized spacial score (nSPS) is 22.0. The summed E-state index contributed by atoms with van der Waals surface area (Å²) in [5.41, 5.74) is 1.51. The number of rotatable bonds is 8. The highest BCUT2D eigenvalue weighted by Crippen LogP contribution is 2.45. The number of sulfonamides is 1. The zero-order valence-corrected chi connectivity index (χ0v) is 20.5. The molecule has 3 fully saturated rings. The lowest BCUT2D eigenvalue weighted by Gasteiger charge is -2.37. The Morgan fingerprint density at radius 3 is 2.46 bits per heavy atom. The molecule has 1 saturated heterocycles. The maximum absolute atomic E-state index is 15.0. The van der Waals surface area contributed by atoms with Crippen LogP contribution in [0.4, 0.5) is 8.78 Å². The smallest absolute Gasteiger partial charge is 0.267 e. The van der Waals surface area contributed by atoms with Crippen LogP contribution in [0.1, 0.15) is 78.9 Å². The van der Waals surface area contributed by atoms with Crippen LogP contribution in [0.3, 0.4) is 0 Å². The Morgan fingerprint density at radius 1 is 1.09 bits per heavy atom. The molecule has 2 atom stereocenters. The molecule has 9 heteroatoms. The van der Waals surface area contributed by atoms with Gasteiger partial charge in [0.2, 0.25) is 10.0 Å². The number of nitrogens with one attached hydrogen (secondary N) is 1. The Morgan fingerprint density at radius 2 is 1.80 bits per heavy atom. The van der Waals surface area contributed by atoms with E-state index < -0.39 is 27.0 Å². The molecule has 1 aliphatic heterocycles. The minimum atomic E-state index is -3.76. The Hall–Kier alpha value is -2.52. The molecular weight excluding hydrogens is 474 g/mol. The van der Waals surface area contributed by atoms with Crippen molar-refractivity contribution in [2.24, 2.45) is 0 Å². The Kier molecular flexibility index (Phi) is 6.57. The van der Waals surface area contributed by atoms with Gasteiger partial charge in [0.15, 0.2) is 0 Å². The molecule has 1 N–H and O–H groups in total. The Balaban J connectivity index is 1.31. The van der Waals surface area contributed by atoms with Crippen LogP contribution >= 0.6 is 0 Å². The average molecular weight is 505 g/mol. The van der Waals surface area contributed by atoms with Crippen molar-refractivity contribution in [2.75, 3.05) is 13.1 Å². The highest BCUT2D eigenvalue weighted by atomic mass is 32.2. The van der Waals surface area contributed by atoms with Gasteiger partial charge in [-0.25, -0.2) is 21.9 Å². The lowest BCUT2D eigenvalue weighted by atomic mass is 10.0. The number of piperidine rings is 1. The number of carbonyl (C=O) groups is 1. The quantitative estimate of drug-likeness (QED) is 0.566. The lowest BCUT2D eigenvalue weighted by Crippen LogP contribution is -2.42. The topological polar surface area (TPSA) is 75.7 Å². The van der Waals surface area contributed by atoms with E-state index in [0.717, 1.165) is 43.4 Å². The fourth-order valence-electron chi connectivity index (χ4n) is 4.75. The third kappa shape index (κ3) is 5.51. The molecule has 1 unspecified atom stereocenters. The second-order valence-electron chi connectivity index (χ2n) is 9.92. The zero-order chi connectivity index (χ0) is 24.7. The van der Waals surface area contributed by atoms with Crippen molar-refractivity contribution >= 4 is 15.9 Å². The molecule has 1 amide bonds. The van der Waals surface area contributed by atoms with Crippen molar-refractivity contribution in [1.29, 1.82) is 0 Å². The van der Waals surface area contributed by atoms with E-state index in [9.17, 15) is 22.0 Å². The number of carbonyl (C=O) groups excluding carboxylic acids is 1. The number of hydrogen-bond acceptors (Lipinski definition) is 5. The van der Waals surface area contributed by atoms with Crippen molar-refractivity contribution in [3.63, 3.8) is 0 Å². The summed E-state index contributed by atoms with van der Waals surface area (Å²) in [5, 5.41) is -0.563. The molecule has 0 aromatic heterocycles. The van der Waals surface area contributed by atoms with Crippen LogP contribution in [-0.2, 0) is 10.0 Å². The van der Waals surface area contributed by atoms with E-state index in [1.165, 1.54) is 24.3 Å². The van der Waals surface area contributed by atoms with Crippen LogP contribution in [0.2, 0.25) is 0 Å². The summed E-state index contributed by atoms with van der Waals surface area (Å²) in [6, 6.07) is 9.28. The van der Waals surface area contributed by atoms with E-state index in [4.69, 9.17) is 4.74 Å². The molecule has 188 valence electrons. The molecule has 6 nitrogen and oxygen atoms in total. The first-order valence-electron chi connectivity index (χ1n) is 12.3. The average Bonchev–Trinajstić information content (AvgIpc) is 3.71. The zero-order valence-electron chi connectivity index (χ0n) is 19.7. The number of nitrogens with zero attached hydrogens (tertiary/aromatic N) is 1. The van der Waals surface area contributed by atoms with Crippen molar-refractivity contribution < 1.29 is 26.7 Å². The van der Waals surface area contributed by atoms with Crippen LogP contribution in [-0.4, -0.2) is 43.7 Å². The van der Waals surface area contributed by atoms with Gasteiger partial charge in [0.25, 0.3) is 5.91 Å². The van der Waals surface area contributed by atoms with E-state index in [2.05, 4.69) is 11.8 Å². The van der Waals surface area contributed by atoms with Gasteiger partial charge in [-0.15, -0.1) is 0 Å². The predicted molar refractivity (Wildman–Crippen MR) is 128 cm³/mol.